The average Bonchev–Trinajstić information content (AvgIpc) is 2.34. The summed E-state index contributed by atoms with van der Waals surface area (Å²) in [5, 5.41) is 3.59. The van der Waals surface area contributed by atoms with Crippen LogP contribution in [0.3, 0.4) is 0 Å². The van der Waals surface area contributed by atoms with Crippen molar-refractivity contribution >= 4 is 5.91 Å². The van der Waals surface area contributed by atoms with E-state index in [0.717, 1.165) is 38.8 Å². The van der Waals surface area contributed by atoms with Crippen molar-refractivity contribution < 1.29 is 9.53 Å². The van der Waals surface area contributed by atoms with Crippen LogP contribution in [0.2, 0.25) is 0 Å². The molecule has 1 fully saturated rings. The van der Waals surface area contributed by atoms with Crippen molar-refractivity contribution in [2.45, 2.75) is 65.0 Å². The third-order valence-electron chi connectivity index (χ3n) is 4.35. The highest BCUT2D eigenvalue weighted by Crippen LogP contribution is 2.45. The number of amides is 1. The number of hydrogen-bond acceptors (Lipinski definition) is 3. The summed E-state index contributed by atoms with van der Waals surface area (Å²) in [6.07, 6.45) is 5.03. The number of unbranched alkanes of at least 4 members (excludes halogenated alkanes) is 1. The molecule has 3 atom stereocenters. The molecule has 0 spiro atoms. The summed E-state index contributed by atoms with van der Waals surface area (Å²) in [7, 11) is 0. The normalized spacial score (nSPS) is 31.1. The lowest BCUT2D eigenvalue weighted by atomic mass is 9.61. The van der Waals surface area contributed by atoms with Crippen LogP contribution in [0.4, 0.5) is 0 Å². The molecule has 4 nitrogen and oxygen atoms in total. The van der Waals surface area contributed by atoms with Gasteiger partial charge >= 0.3 is 0 Å². The highest BCUT2D eigenvalue weighted by atomic mass is 16.5. The molecular weight excluding hydrogens is 228 g/mol. The highest BCUT2D eigenvalue weighted by molar-refractivity contribution is 5.73. The molecule has 1 amide bonds. The summed E-state index contributed by atoms with van der Waals surface area (Å²) in [6, 6.07) is 0.549. The SMILES string of the molecule is CCOC1CC(NCCCCC(N)=O)C1(C)CC. The van der Waals surface area contributed by atoms with Crippen molar-refractivity contribution in [3.05, 3.63) is 0 Å². The minimum atomic E-state index is -0.201. The monoisotopic (exact) mass is 256 g/mol. The van der Waals surface area contributed by atoms with Crippen LogP contribution < -0.4 is 11.1 Å². The molecule has 0 saturated heterocycles. The van der Waals surface area contributed by atoms with Crippen molar-refractivity contribution in [2.24, 2.45) is 11.1 Å². The molecule has 106 valence electrons. The lowest BCUT2D eigenvalue weighted by molar-refractivity contribution is -0.125. The van der Waals surface area contributed by atoms with E-state index < -0.39 is 0 Å². The van der Waals surface area contributed by atoms with Gasteiger partial charge in [-0.1, -0.05) is 13.8 Å². The number of ether oxygens (including phenoxy) is 1. The van der Waals surface area contributed by atoms with Gasteiger partial charge in [0.25, 0.3) is 0 Å². The predicted octanol–water partition coefficient (Wildman–Crippen LogP) is 1.83. The first-order valence-electron chi connectivity index (χ1n) is 7.17. The number of rotatable bonds is 9. The Bertz CT molecular complexity index is 271. The fourth-order valence-corrected chi connectivity index (χ4v) is 2.77. The second-order valence-electron chi connectivity index (χ2n) is 5.47. The van der Waals surface area contributed by atoms with E-state index >= 15 is 0 Å². The smallest absolute Gasteiger partial charge is 0.217 e. The molecule has 18 heavy (non-hydrogen) atoms. The van der Waals surface area contributed by atoms with Gasteiger partial charge in [-0.15, -0.1) is 0 Å². The maximum Gasteiger partial charge on any atom is 0.217 e. The molecule has 0 aromatic carbocycles. The Balaban J connectivity index is 2.21. The van der Waals surface area contributed by atoms with Crippen LogP contribution in [0.5, 0.6) is 0 Å². The number of hydrogen-bond donors (Lipinski definition) is 2. The van der Waals surface area contributed by atoms with E-state index in [1.54, 1.807) is 0 Å². The van der Waals surface area contributed by atoms with Gasteiger partial charge in [0.2, 0.25) is 5.91 Å². The molecule has 0 bridgehead atoms. The zero-order valence-electron chi connectivity index (χ0n) is 12.0. The molecular formula is C14H28N2O2. The largest absolute Gasteiger partial charge is 0.378 e. The van der Waals surface area contributed by atoms with Crippen molar-refractivity contribution in [3.63, 3.8) is 0 Å². The molecule has 0 aromatic rings. The van der Waals surface area contributed by atoms with Gasteiger partial charge in [0.1, 0.15) is 0 Å². The Morgan fingerprint density at radius 2 is 2.17 bits per heavy atom. The van der Waals surface area contributed by atoms with Gasteiger partial charge in [0, 0.05) is 24.5 Å². The first-order valence-corrected chi connectivity index (χ1v) is 7.17. The Kier molecular flexibility index (Phi) is 6.09. The van der Waals surface area contributed by atoms with Crippen LogP contribution in [0.15, 0.2) is 0 Å². The molecule has 1 aliphatic carbocycles. The van der Waals surface area contributed by atoms with Crippen LogP contribution >= 0.6 is 0 Å². The fraction of sp³-hybridized carbons (Fsp3) is 0.929. The van der Waals surface area contributed by atoms with Crippen LogP contribution in [-0.2, 0) is 9.53 Å². The van der Waals surface area contributed by atoms with Gasteiger partial charge in [-0.2, -0.15) is 0 Å². The number of nitrogens with one attached hydrogen (secondary N) is 1. The first kappa shape index (κ1) is 15.4. The maximum atomic E-state index is 10.6. The summed E-state index contributed by atoms with van der Waals surface area (Å²) in [6.45, 7) is 8.35. The zero-order chi connectivity index (χ0) is 13.6. The quantitative estimate of drug-likeness (QED) is 0.619. The molecule has 4 heteroatoms. The summed E-state index contributed by atoms with van der Waals surface area (Å²) < 4.78 is 5.77. The number of nitrogens with two attached hydrogens (primary N) is 1. The number of primary amides is 1. The summed E-state index contributed by atoms with van der Waals surface area (Å²) in [5.74, 6) is -0.201. The summed E-state index contributed by atoms with van der Waals surface area (Å²) >= 11 is 0. The molecule has 0 aromatic heterocycles. The second kappa shape index (κ2) is 7.10. The summed E-state index contributed by atoms with van der Waals surface area (Å²) in [4.78, 5) is 10.6. The van der Waals surface area contributed by atoms with Gasteiger partial charge in [-0.3, -0.25) is 4.79 Å². The van der Waals surface area contributed by atoms with Gasteiger partial charge < -0.3 is 15.8 Å². The molecule has 1 rings (SSSR count). The third-order valence-corrected chi connectivity index (χ3v) is 4.35. The maximum absolute atomic E-state index is 10.6. The Morgan fingerprint density at radius 3 is 2.72 bits per heavy atom. The Labute approximate surface area is 111 Å². The summed E-state index contributed by atoms with van der Waals surface area (Å²) in [5.41, 5.74) is 5.38. The van der Waals surface area contributed by atoms with Crippen LogP contribution in [0, 0.1) is 5.41 Å². The first-order chi connectivity index (χ1) is 8.54. The third kappa shape index (κ3) is 3.69. The van der Waals surface area contributed by atoms with Gasteiger partial charge in [0.05, 0.1) is 6.10 Å². The Morgan fingerprint density at radius 1 is 1.44 bits per heavy atom. The standard InChI is InChI=1S/C14H28N2O2/c1-4-14(3)11(10-12(14)18-5-2)16-9-7-6-8-13(15)17/h11-12,16H,4-10H2,1-3H3,(H2,15,17). The van der Waals surface area contributed by atoms with E-state index in [1.807, 2.05) is 0 Å². The minimum absolute atomic E-state index is 0.201. The number of carbonyl (C=O) groups is 1. The van der Waals surface area contributed by atoms with E-state index in [0.29, 0.717) is 18.6 Å². The van der Waals surface area contributed by atoms with Crippen LogP contribution in [-0.4, -0.2) is 31.2 Å². The zero-order valence-corrected chi connectivity index (χ0v) is 12.0. The molecule has 3 N–H and O–H groups in total. The molecule has 1 saturated carbocycles. The van der Waals surface area contributed by atoms with E-state index in [9.17, 15) is 4.79 Å². The van der Waals surface area contributed by atoms with Gasteiger partial charge in [-0.25, -0.2) is 0 Å². The average molecular weight is 256 g/mol. The molecule has 0 radical (unpaired) electrons. The lowest BCUT2D eigenvalue weighted by Crippen LogP contribution is -2.62. The minimum Gasteiger partial charge on any atom is -0.378 e. The van der Waals surface area contributed by atoms with Gasteiger partial charge in [-0.05, 0) is 39.2 Å². The van der Waals surface area contributed by atoms with E-state index in [2.05, 4.69) is 26.1 Å². The topological polar surface area (TPSA) is 64.3 Å². The number of carbonyl (C=O) groups excluding carboxylic acids is 1. The Hall–Kier alpha value is -0.610. The van der Waals surface area contributed by atoms with E-state index in [4.69, 9.17) is 10.5 Å². The van der Waals surface area contributed by atoms with Crippen molar-refractivity contribution in [2.75, 3.05) is 13.2 Å². The van der Waals surface area contributed by atoms with Gasteiger partial charge in [0.15, 0.2) is 0 Å². The van der Waals surface area contributed by atoms with Crippen molar-refractivity contribution in [3.8, 4) is 0 Å². The molecule has 1 aliphatic rings. The highest BCUT2D eigenvalue weighted by Gasteiger charge is 2.50. The van der Waals surface area contributed by atoms with Crippen LogP contribution in [0.1, 0.15) is 52.9 Å². The molecule has 0 aliphatic heterocycles. The molecule has 0 heterocycles. The molecule has 3 unspecified atom stereocenters. The van der Waals surface area contributed by atoms with Crippen molar-refractivity contribution in [1.82, 2.24) is 5.32 Å². The second-order valence-corrected chi connectivity index (χ2v) is 5.47. The lowest BCUT2D eigenvalue weighted by Gasteiger charge is -2.53. The van der Waals surface area contributed by atoms with Crippen molar-refractivity contribution in [1.29, 1.82) is 0 Å². The van der Waals surface area contributed by atoms with E-state index in [1.165, 1.54) is 0 Å². The van der Waals surface area contributed by atoms with Crippen LogP contribution in [0.25, 0.3) is 0 Å². The van der Waals surface area contributed by atoms with E-state index in [-0.39, 0.29) is 11.3 Å². The predicted molar refractivity (Wildman–Crippen MR) is 73.3 cm³/mol. The fourth-order valence-electron chi connectivity index (χ4n) is 2.77.